The van der Waals surface area contributed by atoms with Crippen molar-refractivity contribution in [1.82, 2.24) is 30.4 Å². The number of nitrogens with one attached hydrogen (secondary N) is 2. The second kappa shape index (κ2) is 9.75. The SMILES string of the molecule is Cc1nc(C(F)(F)F)nc(N)c1CCC1CCN(C(=O)[C@H](C)NC(=O)c2cn[nH]c2C)CC1. The van der Waals surface area contributed by atoms with Crippen LogP contribution in [0.1, 0.15) is 59.3 Å². The molecule has 2 aromatic heterocycles. The summed E-state index contributed by atoms with van der Waals surface area (Å²) in [7, 11) is 0. The molecule has 1 aliphatic rings. The number of anilines is 1. The topological polar surface area (TPSA) is 130 Å². The third kappa shape index (κ3) is 5.79. The van der Waals surface area contributed by atoms with E-state index in [1.807, 2.05) is 0 Å². The first kappa shape index (κ1) is 24.5. The molecule has 180 valence electrons. The normalized spacial score (nSPS) is 16.0. The minimum absolute atomic E-state index is 0.139. The van der Waals surface area contributed by atoms with E-state index < -0.39 is 18.0 Å². The van der Waals surface area contributed by atoms with Crippen molar-refractivity contribution in [3.05, 3.63) is 34.5 Å². The Morgan fingerprint density at radius 3 is 2.48 bits per heavy atom. The van der Waals surface area contributed by atoms with E-state index in [2.05, 4.69) is 25.5 Å². The zero-order chi connectivity index (χ0) is 24.3. The second-order valence-corrected chi connectivity index (χ2v) is 8.41. The Hall–Kier alpha value is -3.18. The fourth-order valence-corrected chi connectivity index (χ4v) is 4.03. The summed E-state index contributed by atoms with van der Waals surface area (Å²) in [5.74, 6) is -1.58. The van der Waals surface area contributed by atoms with E-state index in [0.29, 0.717) is 48.7 Å². The zero-order valence-electron chi connectivity index (χ0n) is 18.8. The van der Waals surface area contributed by atoms with Crippen LogP contribution in [0.25, 0.3) is 0 Å². The molecule has 1 aliphatic heterocycles. The van der Waals surface area contributed by atoms with E-state index in [-0.39, 0.29) is 23.3 Å². The highest BCUT2D eigenvalue weighted by Gasteiger charge is 2.36. The lowest BCUT2D eigenvalue weighted by atomic mass is 9.90. The highest BCUT2D eigenvalue weighted by Crippen LogP contribution is 2.30. The molecule has 0 saturated carbocycles. The van der Waals surface area contributed by atoms with E-state index in [4.69, 9.17) is 5.73 Å². The van der Waals surface area contributed by atoms with E-state index >= 15 is 0 Å². The monoisotopic (exact) mass is 467 g/mol. The van der Waals surface area contributed by atoms with E-state index in [9.17, 15) is 22.8 Å². The fraction of sp³-hybridized carbons (Fsp3) is 0.571. The smallest absolute Gasteiger partial charge is 0.383 e. The molecule has 2 amide bonds. The molecule has 3 heterocycles. The summed E-state index contributed by atoms with van der Waals surface area (Å²) in [5.41, 5.74) is 7.57. The van der Waals surface area contributed by atoms with Crippen LogP contribution in [0.5, 0.6) is 0 Å². The fourth-order valence-electron chi connectivity index (χ4n) is 4.03. The third-order valence-corrected chi connectivity index (χ3v) is 6.02. The molecule has 0 bridgehead atoms. The number of nitrogens with two attached hydrogens (primary N) is 1. The van der Waals surface area contributed by atoms with Gasteiger partial charge in [-0.25, -0.2) is 9.97 Å². The van der Waals surface area contributed by atoms with Gasteiger partial charge >= 0.3 is 6.18 Å². The number of nitrogens with zero attached hydrogens (tertiary/aromatic N) is 4. The second-order valence-electron chi connectivity index (χ2n) is 8.41. The summed E-state index contributed by atoms with van der Waals surface area (Å²) in [5, 5.41) is 9.21. The Morgan fingerprint density at radius 2 is 1.94 bits per heavy atom. The van der Waals surface area contributed by atoms with Gasteiger partial charge in [0.15, 0.2) is 0 Å². The average Bonchev–Trinajstić information content (AvgIpc) is 3.18. The molecule has 1 fully saturated rings. The van der Waals surface area contributed by atoms with Gasteiger partial charge in [-0.1, -0.05) is 0 Å². The molecule has 2 aromatic rings. The van der Waals surface area contributed by atoms with Crippen LogP contribution in [0.15, 0.2) is 6.20 Å². The average molecular weight is 467 g/mol. The Kier molecular flexibility index (Phi) is 7.23. The number of hydrogen-bond acceptors (Lipinski definition) is 6. The molecule has 0 spiro atoms. The molecule has 0 unspecified atom stereocenters. The quantitative estimate of drug-likeness (QED) is 0.598. The number of hydrogen-bond donors (Lipinski definition) is 3. The van der Waals surface area contributed by atoms with Gasteiger partial charge in [0.05, 0.1) is 11.8 Å². The molecular weight excluding hydrogens is 439 g/mol. The predicted molar refractivity (Wildman–Crippen MR) is 114 cm³/mol. The molecule has 0 aromatic carbocycles. The lowest BCUT2D eigenvalue weighted by Crippen LogP contribution is -2.49. The number of halogens is 3. The van der Waals surface area contributed by atoms with Gasteiger partial charge in [-0.15, -0.1) is 0 Å². The van der Waals surface area contributed by atoms with Crippen molar-refractivity contribution in [3.63, 3.8) is 0 Å². The molecule has 33 heavy (non-hydrogen) atoms. The Morgan fingerprint density at radius 1 is 1.27 bits per heavy atom. The minimum atomic E-state index is -4.63. The van der Waals surface area contributed by atoms with Crippen LogP contribution in [0.2, 0.25) is 0 Å². The maximum absolute atomic E-state index is 12.8. The number of rotatable bonds is 6. The summed E-state index contributed by atoms with van der Waals surface area (Å²) in [4.78, 5) is 33.7. The number of nitrogen functional groups attached to an aromatic ring is 1. The number of likely N-dealkylation sites (tertiary alicyclic amines) is 1. The number of aromatic amines is 1. The minimum Gasteiger partial charge on any atom is -0.383 e. The van der Waals surface area contributed by atoms with Gasteiger partial charge in [0.1, 0.15) is 11.9 Å². The number of H-pyrrole nitrogens is 1. The summed E-state index contributed by atoms with van der Waals surface area (Å²) < 4.78 is 38.5. The first-order valence-corrected chi connectivity index (χ1v) is 10.8. The van der Waals surface area contributed by atoms with Gasteiger partial charge in [0.2, 0.25) is 11.7 Å². The van der Waals surface area contributed by atoms with Crippen LogP contribution in [-0.4, -0.2) is 56.0 Å². The number of amides is 2. The highest BCUT2D eigenvalue weighted by molar-refractivity contribution is 5.98. The first-order valence-electron chi connectivity index (χ1n) is 10.8. The van der Waals surface area contributed by atoms with Crippen molar-refractivity contribution in [2.75, 3.05) is 18.8 Å². The Balaban J connectivity index is 1.49. The largest absolute Gasteiger partial charge is 0.451 e. The van der Waals surface area contributed by atoms with Crippen LogP contribution in [0, 0.1) is 19.8 Å². The number of carbonyl (C=O) groups is 2. The lowest BCUT2D eigenvalue weighted by Gasteiger charge is -2.33. The molecule has 12 heteroatoms. The summed E-state index contributed by atoms with van der Waals surface area (Å²) in [6, 6.07) is -0.671. The Bertz CT molecular complexity index is 991. The number of aryl methyl sites for hydroxylation is 2. The molecule has 1 saturated heterocycles. The van der Waals surface area contributed by atoms with Crippen molar-refractivity contribution in [2.24, 2.45) is 5.92 Å². The number of carbonyl (C=O) groups excluding carboxylic acids is 2. The number of alkyl halides is 3. The van der Waals surface area contributed by atoms with Gasteiger partial charge < -0.3 is 16.0 Å². The predicted octanol–water partition coefficient (Wildman–Crippen LogP) is 2.41. The van der Waals surface area contributed by atoms with Gasteiger partial charge in [-0.3, -0.25) is 14.7 Å². The van der Waals surface area contributed by atoms with Gasteiger partial charge in [0.25, 0.3) is 5.91 Å². The van der Waals surface area contributed by atoms with Crippen LogP contribution in [0.3, 0.4) is 0 Å². The van der Waals surface area contributed by atoms with E-state index in [1.54, 1.807) is 18.7 Å². The van der Waals surface area contributed by atoms with Crippen LogP contribution < -0.4 is 11.1 Å². The first-order chi connectivity index (χ1) is 15.5. The highest BCUT2D eigenvalue weighted by atomic mass is 19.4. The summed E-state index contributed by atoms with van der Waals surface area (Å²) in [6.07, 6.45) is -0.506. The molecule has 0 aliphatic carbocycles. The van der Waals surface area contributed by atoms with Crippen molar-refractivity contribution in [2.45, 2.75) is 58.7 Å². The maximum Gasteiger partial charge on any atom is 0.451 e. The van der Waals surface area contributed by atoms with Crippen LogP contribution in [0.4, 0.5) is 19.0 Å². The maximum atomic E-state index is 12.8. The number of aromatic nitrogens is 4. The van der Waals surface area contributed by atoms with Crippen LogP contribution >= 0.6 is 0 Å². The van der Waals surface area contributed by atoms with Crippen molar-refractivity contribution < 1.29 is 22.8 Å². The standard InChI is InChI=1S/C21H28F3N7O2/c1-11-15(17(25)29-20(28-11)21(22,23)24)5-4-14-6-8-31(9-7-14)19(33)13(3)27-18(32)16-10-26-30-12(16)2/h10,13-14H,4-9H2,1-3H3,(H,26,30)(H,27,32)(H2,25,28,29)/t13-/m0/s1. The summed E-state index contributed by atoms with van der Waals surface area (Å²) in [6.45, 7) is 5.98. The van der Waals surface area contributed by atoms with Gasteiger partial charge in [-0.05, 0) is 52.4 Å². The van der Waals surface area contributed by atoms with E-state index in [0.717, 1.165) is 12.8 Å². The molecular formula is C21H28F3N7O2. The van der Waals surface area contributed by atoms with Crippen molar-refractivity contribution in [3.8, 4) is 0 Å². The summed E-state index contributed by atoms with van der Waals surface area (Å²) >= 11 is 0. The Labute approximate surface area is 189 Å². The zero-order valence-corrected chi connectivity index (χ0v) is 18.8. The molecule has 3 rings (SSSR count). The van der Waals surface area contributed by atoms with Crippen LogP contribution in [-0.2, 0) is 17.4 Å². The third-order valence-electron chi connectivity index (χ3n) is 6.02. The molecule has 1 atom stereocenters. The van der Waals surface area contributed by atoms with Crippen molar-refractivity contribution >= 4 is 17.6 Å². The number of piperidine rings is 1. The molecule has 4 N–H and O–H groups in total. The molecule has 0 radical (unpaired) electrons. The van der Waals surface area contributed by atoms with Gasteiger partial charge in [-0.2, -0.15) is 18.3 Å². The van der Waals surface area contributed by atoms with Crippen molar-refractivity contribution in [1.29, 1.82) is 0 Å². The lowest BCUT2D eigenvalue weighted by molar-refractivity contribution is -0.145. The van der Waals surface area contributed by atoms with E-state index in [1.165, 1.54) is 13.1 Å². The molecule has 9 nitrogen and oxygen atoms in total. The van der Waals surface area contributed by atoms with Gasteiger partial charge in [0, 0.05) is 30.0 Å².